The van der Waals surface area contributed by atoms with Crippen LogP contribution >= 0.6 is 0 Å². The first-order chi connectivity index (χ1) is 18.6. The lowest BCUT2D eigenvalue weighted by molar-refractivity contribution is 0.234. The van der Waals surface area contributed by atoms with Crippen molar-refractivity contribution < 1.29 is 0 Å². The molecule has 0 bridgehead atoms. The van der Waals surface area contributed by atoms with Crippen molar-refractivity contribution in [3.8, 4) is 22.5 Å². The first kappa shape index (κ1) is 26.1. The number of nitrogens with one attached hydrogen (secondary N) is 1. The van der Waals surface area contributed by atoms with Gasteiger partial charge in [0.2, 0.25) is 0 Å². The summed E-state index contributed by atoms with van der Waals surface area (Å²) in [6.45, 7) is 7.35. The zero-order chi connectivity index (χ0) is 26.5. The van der Waals surface area contributed by atoms with E-state index in [1.165, 1.54) is 25.7 Å². The largest absolute Gasteiger partial charge is 0.328 e. The van der Waals surface area contributed by atoms with Crippen molar-refractivity contribution in [1.29, 1.82) is 0 Å². The quantitative estimate of drug-likeness (QED) is 0.275. The Kier molecular flexibility index (Phi) is 8.15. The fourth-order valence-electron chi connectivity index (χ4n) is 6.05. The first-order valence-corrected chi connectivity index (χ1v) is 14.1. The Bertz CT molecular complexity index is 1370. The van der Waals surface area contributed by atoms with Gasteiger partial charge in [-0.2, -0.15) is 0 Å². The number of nitrogens with zero attached hydrogens (tertiary/aromatic N) is 6. The highest BCUT2D eigenvalue weighted by atomic mass is 16.1. The Morgan fingerprint density at radius 3 is 2.58 bits per heavy atom. The fourth-order valence-corrected chi connectivity index (χ4v) is 6.05. The van der Waals surface area contributed by atoms with Crippen LogP contribution in [0.25, 0.3) is 22.5 Å². The average molecular weight is 514 g/mol. The van der Waals surface area contributed by atoms with Crippen molar-refractivity contribution in [3.05, 3.63) is 70.7 Å². The third-order valence-electron chi connectivity index (χ3n) is 8.16. The van der Waals surface area contributed by atoms with Crippen LogP contribution in [-0.2, 0) is 13.0 Å². The molecule has 0 saturated heterocycles. The zero-order valence-electron chi connectivity index (χ0n) is 22.8. The Balaban J connectivity index is 1.50. The molecule has 3 heterocycles. The van der Waals surface area contributed by atoms with E-state index >= 15 is 0 Å². The molecule has 0 radical (unpaired) electrons. The van der Waals surface area contributed by atoms with Gasteiger partial charge in [-0.1, -0.05) is 70.7 Å². The number of hydrogen-bond donors (Lipinski definition) is 1. The van der Waals surface area contributed by atoms with E-state index in [0.29, 0.717) is 24.2 Å². The molecule has 0 spiro atoms. The van der Waals surface area contributed by atoms with Crippen LogP contribution in [0.2, 0.25) is 0 Å². The van der Waals surface area contributed by atoms with Crippen LogP contribution in [0, 0.1) is 11.8 Å². The topological polar surface area (TPSA) is 94.3 Å². The van der Waals surface area contributed by atoms with Gasteiger partial charge >= 0.3 is 5.69 Å². The summed E-state index contributed by atoms with van der Waals surface area (Å²) in [5.74, 6) is 1.74. The number of imidazole rings is 1. The summed E-state index contributed by atoms with van der Waals surface area (Å²) in [6, 6.07) is 10.5. The molecule has 8 heteroatoms. The molecule has 5 rings (SSSR count). The number of aromatic nitrogens is 7. The molecule has 3 aromatic heterocycles. The van der Waals surface area contributed by atoms with Gasteiger partial charge in [-0.25, -0.2) is 9.89 Å². The summed E-state index contributed by atoms with van der Waals surface area (Å²) in [5, 5.41) is 14.1. The van der Waals surface area contributed by atoms with Crippen molar-refractivity contribution in [2.45, 2.75) is 84.7 Å². The van der Waals surface area contributed by atoms with Crippen LogP contribution < -0.4 is 5.69 Å². The van der Waals surface area contributed by atoms with Crippen molar-refractivity contribution in [1.82, 2.24) is 34.7 Å². The second-order valence-electron chi connectivity index (χ2n) is 11.0. The van der Waals surface area contributed by atoms with Crippen LogP contribution in [0.15, 0.2) is 53.7 Å². The summed E-state index contributed by atoms with van der Waals surface area (Å²) < 4.78 is 4.10. The van der Waals surface area contributed by atoms with Gasteiger partial charge in [0.25, 0.3) is 0 Å². The molecular weight excluding hydrogens is 474 g/mol. The van der Waals surface area contributed by atoms with Crippen LogP contribution in [0.1, 0.15) is 83.0 Å². The van der Waals surface area contributed by atoms with Crippen LogP contribution in [-0.4, -0.2) is 34.7 Å². The number of benzene rings is 1. The third-order valence-corrected chi connectivity index (χ3v) is 8.16. The number of unbranched alkanes of at least 4 members (excludes halogenated alkanes) is 1. The van der Waals surface area contributed by atoms with Gasteiger partial charge in [-0.3, -0.25) is 14.1 Å². The van der Waals surface area contributed by atoms with Crippen molar-refractivity contribution >= 4 is 0 Å². The van der Waals surface area contributed by atoms with Crippen molar-refractivity contribution in [3.63, 3.8) is 0 Å². The maximum Gasteiger partial charge on any atom is 0.328 e. The van der Waals surface area contributed by atoms with E-state index < -0.39 is 0 Å². The highest BCUT2D eigenvalue weighted by Gasteiger charge is 2.30. The maximum absolute atomic E-state index is 14.0. The number of hydrogen-bond acceptors (Lipinski definition) is 5. The first-order valence-electron chi connectivity index (χ1n) is 14.1. The molecule has 0 amide bonds. The number of H-pyrrole nitrogens is 1. The summed E-state index contributed by atoms with van der Waals surface area (Å²) in [6.07, 6.45) is 15.0. The minimum Gasteiger partial charge on any atom is -0.296 e. The van der Waals surface area contributed by atoms with Crippen LogP contribution in [0.5, 0.6) is 0 Å². The van der Waals surface area contributed by atoms with E-state index in [-0.39, 0.29) is 11.7 Å². The monoisotopic (exact) mass is 513 g/mol. The molecule has 0 aliphatic heterocycles. The molecule has 1 aromatic carbocycles. The lowest BCUT2D eigenvalue weighted by Crippen LogP contribution is -2.32. The lowest BCUT2D eigenvalue weighted by atomic mass is 9.84. The van der Waals surface area contributed by atoms with E-state index in [0.717, 1.165) is 53.6 Å². The number of pyridine rings is 1. The SMILES string of the molecule is CCCCc1cn(C2CCCCCC2C(C)C)c(=O)n1Cc1cnccc1-c1ccc(-c2nnn[nH]2)cc1. The molecule has 1 aliphatic carbocycles. The van der Waals surface area contributed by atoms with Gasteiger partial charge in [0.1, 0.15) is 0 Å². The Hall–Kier alpha value is -3.55. The molecule has 38 heavy (non-hydrogen) atoms. The number of rotatable bonds is 9. The van der Waals surface area contributed by atoms with Gasteiger partial charge in [0, 0.05) is 35.9 Å². The summed E-state index contributed by atoms with van der Waals surface area (Å²) in [4.78, 5) is 18.5. The number of aromatic amines is 1. The van der Waals surface area contributed by atoms with Crippen LogP contribution in [0.3, 0.4) is 0 Å². The van der Waals surface area contributed by atoms with Gasteiger partial charge in [0.15, 0.2) is 5.82 Å². The standard InChI is InChI=1S/C30H39N7O/c1-4-5-9-25-20-37(28-11-8-6-7-10-26(28)21(2)3)30(38)36(25)19-24-18-31-17-16-27(24)22-12-14-23(15-13-22)29-32-34-35-33-29/h12-18,20-21,26,28H,4-11,19H2,1-3H3,(H,32,33,34,35). The van der Waals surface area contributed by atoms with E-state index in [2.05, 4.69) is 69.3 Å². The van der Waals surface area contributed by atoms with Crippen LogP contribution in [0.4, 0.5) is 0 Å². The molecular formula is C30H39N7O. The summed E-state index contributed by atoms with van der Waals surface area (Å²) in [5.41, 5.74) is 5.37. The minimum absolute atomic E-state index is 0.122. The summed E-state index contributed by atoms with van der Waals surface area (Å²) >= 11 is 0. The highest BCUT2D eigenvalue weighted by Crippen LogP contribution is 2.37. The normalized spacial score (nSPS) is 18.1. The molecule has 1 fully saturated rings. The van der Waals surface area contributed by atoms with Gasteiger partial charge < -0.3 is 0 Å². The molecule has 1 saturated carbocycles. The average Bonchev–Trinajstić information content (AvgIpc) is 3.49. The second-order valence-corrected chi connectivity index (χ2v) is 11.0. The number of tetrazole rings is 1. The smallest absolute Gasteiger partial charge is 0.296 e. The van der Waals surface area contributed by atoms with E-state index in [1.54, 1.807) is 0 Å². The summed E-state index contributed by atoms with van der Waals surface area (Å²) in [7, 11) is 0. The van der Waals surface area contributed by atoms with Crippen molar-refractivity contribution in [2.75, 3.05) is 0 Å². The molecule has 4 aromatic rings. The third kappa shape index (κ3) is 5.49. The van der Waals surface area contributed by atoms with E-state index in [9.17, 15) is 4.79 Å². The molecule has 2 atom stereocenters. The molecule has 200 valence electrons. The zero-order valence-corrected chi connectivity index (χ0v) is 22.8. The predicted molar refractivity (Wildman–Crippen MR) is 150 cm³/mol. The number of aryl methyl sites for hydroxylation is 1. The van der Waals surface area contributed by atoms with Gasteiger partial charge in [0.05, 0.1) is 6.54 Å². The lowest BCUT2D eigenvalue weighted by Gasteiger charge is -2.29. The maximum atomic E-state index is 14.0. The molecule has 1 aliphatic rings. The molecule has 1 N–H and O–H groups in total. The predicted octanol–water partition coefficient (Wildman–Crippen LogP) is 6.06. The van der Waals surface area contributed by atoms with E-state index in [1.807, 2.05) is 35.2 Å². The van der Waals surface area contributed by atoms with Gasteiger partial charge in [-0.05, 0) is 70.7 Å². The highest BCUT2D eigenvalue weighted by molar-refractivity contribution is 5.69. The minimum atomic E-state index is 0.122. The van der Waals surface area contributed by atoms with Crippen molar-refractivity contribution in [2.24, 2.45) is 11.8 Å². The Morgan fingerprint density at radius 2 is 1.84 bits per heavy atom. The molecule has 2 unspecified atom stereocenters. The second kappa shape index (κ2) is 11.9. The Morgan fingerprint density at radius 1 is 1.05 bits per heavy atom. The fraction of sp³-hybridized carbons (Fsp3) is 0.500. The van der Waals surface area contributed by atoms with Gasteiger partial charge in [-0.15, -0.1) is 5.10 Å². The molecule has 8 nitrogen and oxygen atoms in total. The van der Waals surface area contributed by atoms with E-state index in [4.69, 9.17) is 0 Å². The Labute approximate surface area is 224 Å².